The molecule has 1 saturated carbocycles. The van der Waals surface area contributed by atoms with Crippen molar-refractivity contribution in [1.82, 2.24) is 0 Å². The standard InChI is InChI=1S/C16H22P/c1-11(2)9-15-13-7-5-6-8-14(13)16(17-15)10-12(3)4/h1,3,5-10H2,2,4H3. The van der Waals surface area contributed by atoms with E-state index in [9.17, 15) is 0 Å². The lowest BCUT2D eigenvalue weighted by molar-refractivity contribution is 0.574. The fraction of sp³-hybridized carbons (Fsp3) is 0.500. The Morgan fingerprint density at radius 1 is 0.941 bits per heavy atom. The third-order valence-corrected chi connectivity index (χ3v) is 4.77. The molecule has 0 nitrogen and oxygen atoms in total. The Balaban J connectivity index is 2.05. The molecule has 17 heavy (non-hydrogen) atoms. The molecule has 1 heterocycles. The van der Waals surface area contributed by atoms with Crippen LogP contribution in [0.2, 0.25) is 0 Å². The summed E-state index contributed by atoms with van der Waals surface area (Å²) in [6.07, 6.45) is 7.53. The van der Waals surface area contributed by atoms with Crippen molar-refractivity contribution in [2.45, 2.75) is 52.4 Å². The predicted octanol–water partition coefficient (Wildman–Crippen LogP) is 5.67. The molecule has 1 aliphatic heterocycles. The van der Waals surface area contributed by atoms with E-state index < -0.39 is 0 Å². The first-order valence-corrected chi connectivity index (χ1v) is 7.42. The van der Waals surface area contributed by atoms with Gasteiger partial charge < -0.3 is 0 Å². The lowest BCUT2D eigenvalue weighted by Crippen LogP contribution is -2.16. The first kappa shape index (κ1) is 13.3. The molecular weight excluding hydrogens is 223 g/mol. The van der Waals surface area contributed by atoms with E-state index in [1.807, 2.05) is 0 Å². The van der Waals surface area contributed by atoms with Gasteiger partial charge in [-0.2, -0.15) is 0 Å². The van der Waals surface area contributed by atoms with Gasteiger partial charge in [-0.05, 0) is 51.4 Å². The second-order valence-electron chi connectivity index (χ2n) is 5.44. The highest BCUT2D eigenvalue weighted by Gasteiger charge is 2.45. The summed E-state index contributed by atoms with van der Waals surface area (Å²) in [5.74, 6) is 3.36. The van der Waals surface area contributed by atoms with Crippen LogP contribution in [0.1, 0.15) is 52.4 Å². The van der Waals surface area contributed by atoms with E-state index in [0.717, 1.165) is 12.8 Å². The molecule has 0 aromatic heterocycles. The topological polar surface area (TPSA) is 0 Å². The van der Waals surface area contributed by atoms with Crippen LogP contribution in [-0.2, 0) is 0 Å². The summed E-state index contributed by atoms with van der Waals surface area (Å²) in [5.41, 5.74) is 5.84. The number of hydrogen-bond acceptors (Lipinski definition) is 0. The zero-order valence-corrected chi connectivity index (χ0v) is 12.0. The van der Waals surface area contributed by atoms with Crippen LogP contribution >= 0.6 is 8.58 Å². The third kappa shape index (κ3) is 3.22. The Hall–Kier alpha value is -0.0900. The van der Waals surface area contributed by atoms with Gasteiger partial charge in [-0.15, -0.1) is 13.2 Å². The van der Waals surface area contributed by atoms with Crippen molar-refractivity contribution in [1.29, 1.82) is 0 Å². The van der Waals surface area contributed by atoms with Gasteiger partial charge in [0, 0.05) is 11.3 Å². The lowest BCUT2D eigenvalue weighted by Gasteiger charge is -2.29. The van der Waals surface area contributed by atoms with E-state index in [4.69, 9.17) is 0 Å². The molecular formula is C16H22P. The minimum absolute atomic E-state index is 1.10. The smallest absolute Gasteiger partial charge is 0.0163 e. The van der Waals surface area contributed by atoms with Crippen LogP contribution in [0, 0.1) is 23.2 Å². The van der Waals surface area contributed by atoms with E-state index >= 15 is 0 Å². The van der Waals surface area contributed by atoms with E-state index in [2.05, 4.69) is 27.0 Å². The summed E-state index contributed by atoms with van der Waals surface area (Å²) in [7, 11) is 1.47. The molecule has 1 saturated heterocycles. The van der Waals surface area contributed by atoms with Crippen LogP contribution in [0.5, 0.6) is 0 Å². The number of fused-ring (bicyclic) bond motifs is 1. The monoisotopic (exact) mass is 245 g/mol. The van der Waals surface area contributed by atoms with Crippen LogP contribution in [0.25, 0.3) is 0 Å². The van der Waals surface area contributed by atoms with Crippen molar-refractivity contribution >= 4 is 8.58 Å². The molecule has 2 rings (SSSR count). The average Bonchev–Trinajstić information content (AvgIpc) is 2.56. The normalized spacial score (nSPS) is 23.9. The van der Waals surface area contributed by atoms with Crippen molar-refractivity contribution in [3.05, 3.63) is 47.5 Å². The van der Waals surface area contributed by atoms with Gasteiger partial charge in [0.05, 0.1) is 0 Å². The van der Waals surface area contributed by atoms with Gasteiger partial charge in [0.25, 0.3) is 0 Å². The molecule has 0 amide bonds. The Bertz CT molecular complexity index is 275. The number of allylic oxidation sites excluding steroid dienone is 2. The fourth-order valence-electron chi connectivity index (χ4n) is 2.70. The predicted molar refractivity (Wildman–Crippen MR) is 77.2 cm³/mol. The Kier molecular flexibility index (Phi) is 4.47. The van der Waals surface area contributed by atoms with E-state index in [1.165, 1.54) is 45.4 Å². The maximum Gasteiger partial charge on any atom is 0.0163 e. The second-order valence-corrected chi connectivity index (χ2v) is 6.74. The van der Waals surface area contributed by atoms with Gasteiger partial charge in [0.15, 0.2) is 0 Å². The van der Waals surface area contributed by atoms with E-state index in [1.54, 1.807) is 23.2 Å². The van der Waals surface area contributed by atoms with Crippen LogP contribution in [0.3, 0.4) is 0 Å². The van der Waals surface area contributed by atoms with Gasteiger partial charge >= 0.3 is 0 Å². The first-order chi connectivity index (χ1) is 8.08. The summed E-state index contributed by atoms with van der Waals surface area (Å²) < 4.78 is 0. The molecule has 0 spiro atoms. The minimum atomic E-state index is 1.10. The van der Waals surface area contributed by atoms with Crippen LogP contribution in [0.4, 0.5) is 0 Å². The van der Waals surface area contributed by atoms with Crippen molar-refractivity contribution in [2.24, 2.45) is 0 Å². The zero-order valence-electron chi connectivity index (χ0n) is 11.1. The zero-order chi connectivity index (χ0) is 12.4. The molecule has 2 fully saturated rings. The van der Waals surface area contributed by atoms with E-state index in [-0.39, 0.29) is 0 Å². The lowest BCUT2D eigenvalue weighted by atomic mass is 9.74. The minimum Gasteiger partial charge on any atom is -0.100 e. The summed E-state index contributed by atoms with van der Waals surface area (Å²) >= 11 is 0. The van der Waals surface area contributed by atoms with Crippen molar-refractivity contribution in [2.75, 3.05) is 0 Å². The van der Waals surface area contributed by atoms with Gasteiger partial charge in [-0.3, -0.25) is 0 Å². The molecule has 1 aliphatic carbocycles. The number of hydrogen-bond donors (Lipinski definition) is 0. The van der Waals surface area contributed by atoms with Gasteiger partial charge in [-0.1, -0.05) is 32.6 Å². The average molecular weight is 245 g/mol. The Morgan fingerprint density at radius 3 is 1.71 bits per heavy atom. The maximum absolute atomic E-state index is 4.07. The molecule has 5 radical (unpaired) electrons. The van der Waals surface area contributed by atoms with Crippen molar-refractivity contribution < 1.29 is 0 Å². The fourth-order valence-corrected chi connectivity index (χ4v) is 4.49. The molecule has 0 aromatic carbocycles. The summed E-state index contributed by atoms with van der Waals surface area (Å²) in [6.45, 7) is 12.4. The van der Waals surface area contributed by atoms with Gasteiger partial charge in [0.1, 0.15) is 0 Å². The molecule has 0 unspecified atom stereocenters. The van der Waals surface area contributed by atoms with Crippen LogP contribution in [-0.4, -0.2) is 0 Å². The second kappa shape index (κ2) is 5.70. The maximum atomic E-state index is 4.07. The quantitative estimate of drug-likeness (QED) is 0.442. The molecule has 2 aliphatic rings. The molecule has 0 aromatic rings. The van der Waals surface area contributed by atoms with E-state index in [0.29, 0.717) is 0 Å². The largest absolute Gasteiger partial charge is 0.100 e. The van der Waals surface area contributed by atoms with Crippen LogP contribution in [0.15, 0.2) is 24.3 Å². The molecule has 0 atom stereocenters. The molecule has 1 heteroatoms. The van der Waals surface area contributed by atoms with Crippen molar-refractivity contribution in [3.63, 3.8) is 0 Å². The van der Waals surface area contributed by atoms with Gasteiger partial charge in [0.2, 0.25) is 0 Å². The number of rotatable bonds is 4. The third-order valence-electron chi connectivity index (χ3n) is 3.37. The Labute approximate surface area is 109 Å². The summed E-state index contributed by atoms with van der Waals surface area (Å²) in [4.78, 5) is 0. The highest BCUT2D eigenvalue weighted by molar-refractivity contribution is 7.47. The first-order valence-electron chi connectivity index (χ1n) is 6.53. The highest BCUT2D eigenvalue weighted by atomic mass is 31.1. The summed E-state index contributed by atoms with van der Waals surface area (Å²) in [6, 6.07) is 0. The molecule has 0 bridgehead atoms. The molecule has 0 N–H and O–H groups in total. The summed E-state index contributed by atoms with van der Waals surface area (Å²) in [5, 5.41) is 0. The van der Waals surface area contributed by atoms with Gasteiger partial charge in [-0.25, -0.2) is 0 Å². The Morgan fingerprint density at radius 2 is 1.35 bits per heavy atom. The SMILES string of the molecule is C=C(C)C[C]1[P][C](CC(=C)C)[C]2CCCC[C]12. The highest BCUT2D eigenvalue weighted by Crippen LogP contribution is 2.67. The van der Waals surface area contributed by atoms with Crippen molar-refractivity contribution in [3.8, 4) is 0 Å². The molecule has 91 valence electrons. The van der Waals surface area contributed by atoms with Crippen LogP contribution < -0.4 is 0 Å².